The number of hydrogen-bond donors (Lipinski definition) is 1. The van der Waals surface area contributed by atoms with E-state index in [1.807, 2.05) is 4.90 Å². The summed E-state index contributed by atoms with van der Waals surface area (Å²) in [6.45, 7) is 1.71. The van der Waals surface area contributed by atoms with Crippen molar-refractivity contribution in [1.82, 2.24) is 9.55 Å². The molecule has 3 rings (SSSR count). The van der Waals surface area contributed by atoms with Crippen LogP contribution < -0.4 is 16.2 Å². The van der Waals surface area contributed by atoms with Crippen molar-refractivity contribution >= 4 is 5.82 Å². The molecular formula is C15H17FN4O. The number of anilines is 1. The van der Waals surface area contributed by atoms with Crippen molar-refractivity contribution in [3.05, 3.63) is 58.4 Å². The summed E-state index contributed by atoms with van der Waals surface area (Å²) < 4.78 is 14.8. The molecule has 0 aliphatic carbocycles. The Hall–Kier alpha value is -2.21. The van der Waals surface area contributed by atoms with Crippen LogP contribution in [0.4, 0.5) is 10.2 Å². The van der Waals surface area contributed by atoms with Crippen LogP contribution in [0.2, 0.25) is 0 Å². The first-order valence-corrected chi connectivity index (χ1v) is 6.94. The van der Waals surface area contributed by atoms with Crippen LogP contribution in [0.1, 0.15) is 12.0 Å². The Morgan fingerprint density at radius 2 is 2.29 bits per heavy atom. The first-order chi connectivity index (χ1) is 10.1. The predicted octanol–water partition coefficient (Wildman–Crippen LogP) is 0.968. The van der Waals surface area contributed by atoms with Crippen molar-refractivity contribution in [2.24, 2.45) is 5.73 Å². The summed E-state index contributed by atoms with van der Waals surface area (Å²) in [6, 6.07) is 6.33. The summed E-state index contributed by atoms with van der Waals surface area (Å²) in [7, 11) is 0. The second-order valence-electron chi connectivity index (χ2n) is 5.31. The maximum absolute atomic E-state index is 13.2. The van der Waals surface area contributed by atoms with Gasteiger partial charge in [-0.1, -0.05) is 12.1 Å². The first kappa shape index (κ1) is 13.8. The predicted molar refractivity (Wildman–Crippen MR) is 78.8 cm³/mol. The smallest absolute Gasteiger partial charge is 0.293 e. The van der Waals surface area contributed by atoms with Crippen LogP contribution >= 0.6 is 0 Å². The van der Waals surface area contributed by atoms with Crippen LogP contribution in [-0.4, -0.2) is 28.7 Å². The third-order valence-corrected chi connectivity index (χ3v) is 3.66. The molecule has 0 bridgehead atoms. The Balaban J connectivity index is 1.88. The molecule has 1 fully saturated rings. The van der Waals surface area contributed by atoms with E-state index in [4.69, 9.17) is 5.73 Å². The zero-order valence-electron chi connectivity index (χ0n) is 11.6. The molecule has 1 saturated heterocycles. The van der Waals surface area contributed by atoms with Gasteiger partial charge in [-0.3, -0.25) is 4.79 Å². The van der Waals surface area contributed by atoms with E-state index in [1.54, 1.807) is 29.1 Å². The van der Waals surface area contributed by atoms with Crippen LogP contribution in [0.25, 0.3) is 0 Å². The molecule has 5 nitrogen and oxygen atoms in total. The fourth-order valence-corrected chi connectivity index (χ4v) is 2.59. The van der Waals surface area contributed by atoms with Gasteiger partial charge in [-0.2, -0.15) is 0 Å². The van der Waals surface area contributed by atoms with Gasteiger partial charge in [0.05, 0.1) is 6.54 Å². The molecule has 21 heavy (non-hydrogen) atoms. The van der Waals surface area contributed by atoms with E-state index >= 15 is 0 Å². The molecule has 0 unspecified atom stereocenters. The van der Waals surface area contributed by atoms with Gasteiger partial charge in [-0.15, -0.1) is 0 Å². The number of nitrogens with zero attached hydrogens (tertiary/aromatic N) is 3. The molecule has 0 saturated carbocycles. The summed E-state index contributed by atoms with van der Waals surface area (Å²) in [5, 5.41) is 0. The SMILES string of the molecule is N[C@H]1CCN(c2nccn(Cc3cccc(F)c3)c2=O)C1. The van der Waals surface area contributed by atoms with Gasteiger partial charge in [0.2, 0.25) is 0 Å². The normalized spacial score (nSPS) is 18.2. The van der Waals surface area contributed by atoms with E-state index in [1.165, 1.54) is 12.1 Å². The highest BCUT2D eigenvalue weighted by molar-refractivity contribution is 5.37. The fourth-order valence-electron chi connectivity index (χ4n) is 2.59. The van der Waals surface area contributed by atoms with E-state index in [2.05, 4.69) is 4.98 Å². The number of hydrogen-bond acceptors (Lipinski definition) is 4. The summed E-state index contributed by atoms with van der Waals surface area (Å²) >= 11 is 0. The lowest BCUT2D eigenvalue weighted by Crippen LogP contribution is -2.33. The van der Waals surface area contributed by atoms with Gasteiger partial charge in [-0.25, -0.2) is 9.37 Å². The van der Waals surface area contributed by atoms with Crippen LogP contribution in [0, 0.1) is 5.82 Å². The Labute approximate surface area is 121 Å². The highest BCUT2D eigenvalue weighted by Crippen LogP contribution is 2.13. The first-order valence-electron chi connectivity index (χ1n) is 6.94. The van der Waals surface area contributed by atoms with Crippen molar-refractivity contribution < 1.29 is 4.39 Å². The average Bonchev–Trinajstić information content (AvgIpc) is 2.88. The molecule has 110 valence electrons. The van der Waals surface area contributed by atoms with E-state index in [0.717, 1.165) is 18.5 Å². The summed E-state index contributed by atoms with van der Waals surface area (Å²) in [5.74, 6) is 0.113. The van der Waals surface area contributed by atoms with Crippen LogP contribution in [-0.2, 0) is 6.54 Å². The van der Waals surface area contributed by atoms with E-state index < -0.39 is 0 Å². The van der Waals surface area contributed by atoms with Crippen molar-refractivity contribution in [1.29, 1.82) is 0 Å². The molecule has 1 aromatic carbocycles. The molecule has 2 heterocycles. The lowest BCUT2D eigenvalue weighted by molar-refractivity contribution is 0.622. The maximum Gasteiger partial charge on any atom is 0.293 e. The van der Waals surface area contributed by atoms with Gasteiger partial charge in [0.1, 0.15) is 5.82 Å². The summed E-state index contributed by atoms with van der Waals surface area (Å²) in [4.78, 5) is 18.6. The highest BCUT2D eigenvalue weighted by Gasteiger charge is 2.22. The minimum atomic E-state index is -0.305. The number of nitrogens with two attached hydrogens (primary N) is 1. The molecular weight excluding hydrogens is 271 g/mol. The number of aromatic nitrogens is 2. The molecule has 0 spiro atoms. The van der Waals surface area contributed by atoms with Gasteiger partial charge < -0.3 is 15.2 Å². The maximum atomic E-state index is 13.2. The van der Waals surface area contributed by atoms with E-state index in [9.17, 15) is 9.18 Å². The van der Waals surface area contributed by atoms with Crippen LogP contribution in [0.5, 0.6) is 0 Å². The minimum Gasteiger partial charge on any atom is -0.350 e. The average molecular weight is 288 g/mol. The van der Waals surface area contributed by atoms with E-state index in [-0.39, 0.29) is 17.4 Å². The fraction of sp³-hybridized carbons (Fsp3) is 0.333. The molecule has 2 aromatic rings. The Morgan fingerprint density at radius 1 is 1.43 bits per heavy atom. The van der Waals surface area contributed by atoms with Crippen molar-refractivity contribution in [3.63, 3.8) is 0 Å². The molecule has 1 aliphatic heterocycles. The lowest BCUT2D eigenvalue weighted by Gasteiger charge is -2.17. The Kier molecular flexibility index (Phi) is 3.70. The third kappa shape index (κ3) is 2.95. The van der Waals surface area contributed by atoms with Crippen molar-refractivity contribution in [2.45, 2.75) is 19.0 Å². The highest BCUT2D eigenvalue weighted by atomic mass is 19.1. The standard InChI is InChI=1S/C15H17FN4O/c16-12-3-1-2-11(8-12)9-20-7-5-18-14(15(20)21)19-6-4-13(17)10-19/h1-3,5,7-8,13H,4,6,9-10,17H2/t13-/m0/s1. The monoisotopic (exact) mass is 288 g/mol. The summed E-state index contributed by atoms with van der Waals surface area (Å²) in [5.41, 5.74) is 6.44. The Morgan fingerprint density at radius 3 is 3.00 bits per heavy atom. The Bertz CT molecular complexity index is 700. The summed E-state index contributed by atoms with van der Waals surface area (Å²) in [6.07, 6.45) is 4.08. The van der Waals surface area contributed by atoms with Gasteiger partial charge in [0.15, 0.2) is 5.82 Å². The van der Waals surface area contributed by atoms with Crippen molar-refractivity contribution in [2.75, 3.05) is 18.0 Å². The zero-order valence-corrected chi connectivity index (χ0v) is 11.6. The van der Waals surface area contributed by atoms with Gasteiger partial charge in [0.25, 0.3) is 5.56 Å². The van der Waals surface area contributed by atoms with Gasteiger partial charge in [0, 0.05) is 31.5 Å². The molecule has 1 aliphatic rings. The lowest BCUT2D eigenvalue weighted by atomic mass is 10.2. The van der Waals surface area contributed by atoms with E-state index in [0.29, 0.717) is 18.9 Å². The minimum absolute atomic E-state index is 0.0862. The van der Waals surface area contributed by atoms with Gasteiger partial charge >= 0.3 is 0 Å². The molecule has 1 aromatic heterocycles. The molecule has 6 heteroatoms. The molecule has 0 radical (unpaired) electrons. The zero-order chi connectivity index (χ0) is 14.8. The van der Waals surface area contributed by atoms with Gasteiger partial charge in [-0.05, 0) is 24.1 Å². The molecule has 1 atom stereocenters. The topological polar surface area (TPSA) is 64.2 Å². The van der Waals surface area contributed by atoms with Crippen molar-refractivity contribution in [3.8, 4) is 0 Å². The molecule has 2 N–H and O–H groups in total. The van der Waals surface area contributed by atoms with Crippen LogP contribution in [0.15, 0.2) is 41.5 Å². The quantitative estimate of drug-likeness (QED) is 0.914. The second kappa shape index (κ2) is 5.65. The third-order valence-electron chi connectivity index (χ3n) is 3.66. The number of halogens is 1. The van der Waals surface area contributed by atoms with Crippen LogP contribution in [0.3, 0.4) is 0 Å². The number of benzene rings is 1. The number of rotatable bonds is 3. The second-order valence-corrected chi connectivity index (χ2v) is 5.31. The molecule has 0 amide bonds. The largest absolute Gasteiger partial charge is 0.350 e.